The molecule has 0 aliphatic rings. The van der Waals surface area contributed by atoms with Crippen molar-refractivity contribution in [3.63, 3.8) is 0 Å². The van der Waals surface area contributed by atoms with Crippen molar-refractivity contribution in [2.45, 2.75) is 12.3 Å². The molecule has 2 heterocycles. The van der Waals surface area contributed by atoms with Crippen molar-refractivity contribution in [1.29, 1.82) is 5.26 Å². The van der Waals surface area contributed by atoms with Crippen molar-refractivity contribution in [2.75, 3.05) is 20.7 Å². The summed E-state index contributed by atoms with van der Waals surface area (Å²) in [6, 6.07) is 9.93. The lowest BCUT2D eigenvalue weighted by Gasteiger charge is -2.17. The van der Waals surface area contributed by atoms with Crippen LogP contribution in [0.3, 0.4) is 0 Å². The van der Waals surface area contributed by atoms with Gasteiger partial charge in [0.25, 0.3) is 0 Å². The number of benzene rings is 1. The van der Waals surface area contributed by atoms with Gasteiger partial charge < -0.3 is 15.0 Å². The van der Waals surface area contributed by atoms with Gasteiger partial charge in [0.1, 0.15) is 11.8 Å². The topological polar surface area (TPSA) is 73.7 Å². The summed E-state index contributed by atoms with van der Waals surface area (Å²) in [7, 11) is 3.61. The second kappa shape index (κ2) is 7.16. The molecule has 122 valence electrons. The number of nitriles is 1. The van der Waals surface area contributed by atoms with Crippen molar-refractivity contribution in [2.24, 2.45) is 0 Å². The van der Waals surface area contributed by atoms with E-state index in [9.17, 15) is 5.26 Å². The monoisotopic (exact) mass is 320 g/mol. The van der Waals surface area contributed by atoms with E-state index in [0.29, 0.717) is 5.56 Å². The van der Waals surface area contributed by atoms with Gasteiger partial charge in [-0.15, -0.1) is 0 Å². The van der Waals surface area contributed by atoms with Crippen LogP contribution in [0, 0.1) is 11.3 Å². The average molecular weight is 320 g/mol. The van der Waals surface area contributed by atoms with Crippen molar-refractivity contribution >= 4 is 10.9 Å². The third-order valence-corrected chi connectivity index (χ3v) is 4.31. The molecule has 0 aliphatic heterocycles. The van der Waals surface area contributed by atoms with E-state index in [4.69, 9.17) is 4.74 Å². The average Bonchev–Trinajstić information content (AvgIpc) is 3.07. The van der Waals surface area contributed by atoms with Crippen LogP contribution in [0.1, 0.15) is 29.0 Å². The highest BCUT2D eigenvalue weighted by atomic mass is 16.5. The van der Waals surface area contributed by atoms with Crippen LogP contribution >= 0.6 is 0 Å². The maximum absolute atomic E-state index is 9.37. The van der Waals surface area contributed by atoms with Gasteiger partial charge in [0, 0.05) is 29.9 Å². The van der Waals surface area contributed by atoms with Crippen LogP contribution in [0.15, 0.2) is 42.9 Å². The van der Waals surface area contributed by atoms with Gasteiger partial charge in [-0.3, -0.25) is 4.98 Å². The van der Waals surface area contributed by atoms with Crippen LogP contribution < -0.4 is 10.1 Å². The summed E-state index contributed by atoms with van der Waals surface area (Å²) in [4.78, 5) is 7.53. The highest BCUT2D eigenvalue weighted by Gasteiger charge is 2.21. The third-order valence-electron chi connectivity index (χ3n) is 4.31. The summed E-state index contributed by atoms with van der Waals surface area (Å²) in [6.45, 7) is 0.881. The number of ether oxygens (including phenoxy) is 1. The lowest BCUT2D eigenvalue weighted by molar-refractivity contribution is 0.419. The number of hydrogen-bond donors (Lipinski definition) is 2. The predicted molar refractivity (Wildman–Crippen MR) is 94.2 cm³/mol. The van der Waals surface area contributed by atoms with Crippen molar-refractivity contribution in [3.05, 3.63) is 59.5 Å². The van der Waals surface area contributed by atoms with E-state index in [2.05, 4.69) is 27.4 Å². The standard InChI is InChI=1S/C19H20N4O/c1-21-9-7-15(14-4-3-8-22-11-14)16-12-23-19-13(10-20)5-6-17(24-2)18(16)19/h3-6,8,11-12,15,21,23H,7,9H2,1-2H3. The zero-order chi connectivity index (χ0) is 16.9. The van der Waals surface area contributed by atoms with E-state index in [1.807, 2.05) is 31.6 Å². The van der Waals surface area contributed by atoms with Crippen molar-refractivity contribution in [3.8, 4) is 11.8 Å². The summed E-state index contributed by atoms with van der Waals surface area (Å²) < 4.78 is 5.56. The number of hydrogen-bond acceptors (Lipinski definition) is 4. The molecule has 5 nitrogen and oxygen atoms in total. The second-order valence-electron chi connectivity index (χ2n) is 5.65. The molecule has 2 aromatic heterocycles. The lowest BCUT2D eigenvalue weighted by atomic mass is 9.88. The summed E-state index contributed by atoms with van der Waals surface area (Å²) in [5, 5.41) is 13.6. The molecule has 0 saturated carbocycles. The van der Waals surface area contributed by atoms with E-state index >= 15 is 0 Å². The van der Waals surface area contributed by atoms with Crippen LogP contribution in [0.4, 0.5) is 0 Å². The molecule has 3 rings (SSSR count). The predicted octanol–water partition coefficient (Wildman–Crippen LogP) is 3.18. The minimum Gasteiger partial charge on any atom is -0.496 e. The minimum absolute atomic E-state index is 0.169. The fourth-order valence-electron chi connectivity index (χ4n) is 3.15. The summed E-state index contributed by atoms with van der Waals surface area (Å²) in [6.07, 6.45) is 6.60. The molecule has 24 heavy (non-hydrogen) atoms. The summed E-state index contributed by atoms with van der Waals surface area (Å²) >= 11 is 0. The summed E-state index contributed by atoms with van der Waals surface area (Å²) in [5.74, 6) is 0.946. The van der Waals surface area contributed by atoms with E-state index in [-0.39, 0.29) is 5.92 Å². The highest BCUT2D eigenvalue weighted by Crippen LogP contribution is 2.38. The molecule has 5 heteroatoms. The van der Waals surface area contributed by atoms with Gasteiger partial charge in [0.2, 0.25) is 0 Å². The van der Waals surface area contributed by atoms with Gasteiger partial charge >= 0.3 is 0 Å². The highest BCUT2D eigenvalue weighted by molar-refractivity contribution is 5.94. The molecule has 0 radical (unpaired) electrons. The number of nitrogens with zero attached hydrogens (tertiary/aromatic N) is 2. The molecular weight excluding hydrogens is 300 g/mol. The van der Waals surface area contributed by atoms with Gasteiger partial charge in [-0.1, -0.05) is 6.07 Å². The Morgan fingerprint density at radius 2 is 2.25 bits per heavy atom. The van der Waals surface area contributed by atoms with Crippen LogP contribution in [-0.2, 0) is 0 Å². The molecule has 0 saturated heterocycles. The molecule has 0 amide bonds. The number of methoxy groups -OCH3 is 1. The molecule has 0 fully saturated rings. The molecule has 1 atom stereocenters. The van der Waals surface area contributed by atoms with Crippen LogP contribution in [0.2, 0.25) is 0 Å². The first kappa shape index (κ1) is 16.0. The van der Waals surface area contributed by atoms with Crippen LogP contribution in [-0.4, -0.2) is 30.7 Å². The molecule has 1 aromatic carbocycles. The van der Waals surface area contributed by atoms with Crippen LogP contribution in [0.25, 0.3) is 10.9 Å². The molecule has 2 N–H and O–H groups in total. The van der Waals surface area contributed by atoms with Gasteiger partial charge in [0.15, 0.2) is 0 Å². The Hall–Kier alpha value is -2.84. The number of aromatic amines is 1. The first-order valence-corrected chi connectivity index (χ1v) is 7.92. The van der Waals surface area contributed by atoms with Crippen molar-refractivity contribution < 1.29 is 4.74 Å². The lowest BCUT2D eigenvalue weighted by Crippen LogP contribution is -2.13. The number of rotatable bonds is 6. The second-order valence-corrected chi connectivity index (χ2v) is 5.65. The number of pyridine rings is 1. The van der Waals surface area contributed by atoms with E-state index in [1.165, 1.54) is 0 Å². The largest absolute Gasteiger partial charge is 0.496 e. The van der Waals surface area contributed by atoms with E-state index in [1.54, 1.807) is 19.4 Å². The first-order valence-electron chi connectivity index (χ1n) is 7.92. The number of aromatic nitrogens is 2. The van der Waals surface area contributed by atoms with Crippen molar-refractivity contribution in [1.82, 2.24) is 15.3 Å². The Balaban J connectivity index is 2.19. The Morgan fingerprint density at radius 1 is 1.38 bits per heavy atom. The van der Waals surface area contributed by atoms with E-state index in [0.717, 1.165) is 40.7 Å². The van der Waals surface area contributed by atoms with Gasteiger partial charge in [-0.25, -0.2) is 0 Å². The SMILES string of the molecule is CNCCC(c1cccnc1)c1c[nH]c2c(C#N)ccc(OC)c12. The zero-order valence-electron chi connectivity index (χ0n) is 13.8. The van der Waals surface area contributed by atoms with Gasteiger partial charge in [0.05, 0.1) is 18.2 Å². The molecule has 0 aliphatic carbocycles. The molecule has 3 aromatic rings. The molecule has 1 unspecified atom stereocenters. The Morgan fingerprint density at radius 3 is 2.92 bits per heavy atom. The quantitative estimate of drug-likeness (QED) is 0.731. The zero-order valence-corrected chi connectivity index (χ0v) is 13.8. The normalized spacial score (nSPS) is 12.0. The Labute approximate surface area is 141 Å². The van der Waals surface area contributed by atoms with E-state index < -0.39 is 0 Å². The molecule has 0 bridgehead atoms. The maximum atomic E-state index is 9.37. The first-order chi connectivity index (χ1) is 11.8. The Kier molecular flexibility index (Phi) is 4.78. The molecule has 0 spiro atoms. The van der Waals surface area contributed by atoms with Gasteiger partial charge in [-0.2, -0.15) is 5.26 Å². The smallest absolute Gasteiger partial charge is 0.128 e. The summed E-state index contributed by atoms with van der Waals surface area (Å²) in [5.41, 5.74) is 3.72. The number of fused-ring (bicyclic) bond motifs is 1. The third kappa shape index (κ3) is 2.84. The Bertz CT molecular complexity index is 864. The van der Waals surface area contributed by atoms with Gasteiger partial charge in [-0.05, 0) is 49.3 Å². The number of nitrogens with one attached hydrogen (secondary N) is 2. The molecular formula is C19H20N4O. The number of H-pyrrole nitrogens is 1. The maximum Gasteiger partial charge on any atom is 0.128 e. The fourth-order valence-corrected chi connectivity index (χ4v) is 3.15. The fraction of sp³-hybridized carbons (Fsp3) is 0.263. The van der Waals surface area contributed by atoms with Crippen LogP contribution in [0.5, 0.6) is 5.75 Å². The minimum atomic E-state index is 0.169.